The first-order chi connectivity index (χ1) is 12.8. The lowest BCUT2D eigenvalue weighted by Crippen LogP contribution is -2.53. The van der Waals surface area contributed by atoms with Gasteiger partial charge in [0.05, 0.1) is 5.69 Å². The molecule has 1 heterocycles. The van der Waals surface area contributed by atoms with Crippen LogP contribution >= 0.6 is 11.8 Å². The molecule has 142 valence electrons. The van der Waals surface area contributed by atoms with Gasteiger partial charge in [0.1, 0.15) is 5.75 Å². The van der Waals surface area contributed by atoms with Crippen LogP contribution in [0.4, 0.5) is 11.4 Å². The highest BCUT2D eigenvalue weighted by Gasteiger charge is 2.40. The molecule has 0 atom stereocenters. The molecule has 6 heteroatoms. The van der Waals surface area contributed by atoms with Crippen LogP contribution in [0.1, 0.15) is 25.8 Å². The maximum absolute atomic E-state index is 12.8. The Labute approximate surface area is 164 Å². The number of carbonyl (C=O) groups is 2. The molecule has 1 aliphatic heterocycles. The van der Waals surface area contributed by atoms with Gasteiger partial charge in [0.15, 0.2) is 5.60 Å². The van der Waals surface area contributed by atoms with Crippen LogP contribution in [0, 0.1) is 6.92 Å². The van der Waals surface area contributed by atoms with Crippen molar-refractivity contribution in [3.63, 3.8) is 0 Å². The molecule has 0 aliphatic carbocycles. The quantitative estimate of drug-likeness (QED) is 0.783. The molecule has 0 unspecified atom stereocenters. The third-order valence-electron chi connectivity index (χ3n) is 4.45. The molecule has 0 saturated heterocycles. The molecule has 27 heavy (non-hydrogen) atoms. The molecule has 0 saturated carbocycles. The van der Waals surface area contributed by atoms with Crippen molar-refractivity contribution in [2.24, 2.45) is 0 Å². The number of rotatable bonds is 5. The average molecular weight is 385 g/mol. The Hall–Kier alpha value is -2.47. The second-order valence-corrected chi connectivity index (χ2v) is 7.95. The molecule has 2 aromatic rings. The Balaban J connectivity index is 1.73. The highest BCUT2D eigenvalue weighted by atomic mass is 32.2. The van der Waals surface area contributed by atoms with Gasteiger partial charge in [0.2, 0.25) is 5.91 Å². The minimum Gasteiger partial charge on any atom is -0.476 e. The molecule has 0 bridgehead atoms. The molecule has 1 aliphatic rings. The van der Waals surface area contributed by atoms with Crippen LogP contribution < -0.4 is 15.0 Å². The van der Waals surface area contributed by atoms with Crippen LogP contribution in [0.15, 0.2) is 47.4 Å². The fourth-order valence-corrected chi connectivity index (χ4v) is 3.50. The lowest BCUT2D eigenvalue weighted by Gasteiger charge is -2.38. The fourth-order valence-electron chi connectivity index (χ4n) is 3.04. The van der Waals surface area contributed by atoms with Crippen molar-refractivity contribution < 1.29 is 14.3 Å². The number of aryl methyl sites for hydroxylation is 1. The maximum atomic E-state index is 12.8. The zero-order valence-corrected chi connectivity index (χ0v) is 16.9. The van der Waals surface area contributed by atoms with E-state index in [0.29, 0.717) is 12.3 Å². The largest absolute Gasteiger partial charge is 0.476 e. The molecule has 0 aromatic heterocycles. The number of hydrogen-bond donors (Lipinski definition) is 1. The van der Waals surface area contributed by atoms with Crippen LogP contribution in [0.5, 0.6) is 5.75 Å². The number of thioether (sulfide) groups is 1. The zero-order chi connectivity index (χ0) is 19.6. The fraction of sp³-hybridized carbons (Fsp3) is 0.333. The van der Waals surface area contributed by atoms with E-state index < -0.39 is 5.60 Å². The maximum Gasteiger partial charge on any atom is 0.270 e. The van der Waals surface area contributed by atoms with E-state index >= 15 is 0 Å². The van der Waals surface area contributed by atoms with Crippen molar-refractivity contribution in [2.45, 2.75) is 37.7 Å². The molecule has 0 spiro atoms. The third kappa shape index (κ3) is 4.27. The first-order valence-electron chi connectivity index (χ1n) is 8.86. The van der Waals surface area contributed by atoms with E-state index in [0.717, 1.165) is 21.8 Å². The van der Waals surface area contributed by atoms with Gasteiger partial charge in [-0.3, -0.25) is 9.59 Å². The molecule has 2 aromatic carbocycles. The summed E-state index contributed by atoms with van der Waals surface area (Å²) in [4.78, 5) is 28.0. The summed E-state index contributed by atoms with van der Waals surface area (Å²) in [6.07, 6.45) is 2.20. The number of hydrogen-bond acceptors (Lipinski definition) is 4. The predicted molar refractivity (Wildman–Crippen MR) is 110 cm³/mol. The van der Waals surface area contributed by atoms with Gasteiger partial charge >= 0.3 is 0 Å². The van der Waals surface area contributed by atoms with Gasteiger partial charge in [-0.05, 0) is 62.9 Å². The van der Waals surface area contributed by atoms with Crippen LogP contribution in [0.25, 0.3) is 0 Å². The van der Waals surface area contributed by atoms with Crippen LogP contribution in [0.2, 0.25) is 0 Å². The molecular formula is C21H24N2O3S. The van der Waals surface area contributed by atoms with Crippen LogP contribution in [-0.2, 0) is 9.59 Å². The normalized spacial score (nSPS) is 15.1. The molecule has 2 amide bonds. The summed E-state index contributed by atoms with van der Waals surface area (Å²) in [5.41, 5.74) is 1.56. The van der Waals surface area contributed by atoms with Gasteiger partial charge < -0.3 is 15.0 Å². The summed E-state index contributed by atoms with van der Waals surface area (Å²) < 4.78 is 5.85. The van der Waals surface area contributed by atoms with E-state index in [4.69, 9.17) is 4.74 Å². The summed E-state index contributed by atoms with van der Waals surface area (Å²) in [7, 11) is 0. The number of nitrogens with one attached hydrogen (secondary N) is 1. The minimum absolute atomic E-state index is 0.125. The number of amides is 2. The summed E-state index contributed by atoms with van der Waals surface area (Å²) >= 11 is 1.62. The topological polar surface area (TPSA) is 58.6 Å². The molecule has 0 radical (unpaired) electrons. The Morgan fingerprint density at radius 2 is 2.00 bits per heavy atom. The number of nitrogens with zero attached hydrogens (tertiary/aromatic N) is 1. The van der Waals surface area contributed by atoms with Crippen LogP contribution in [0.3, 0.4) is 0 Å². The van der Waals surface area contributed by atoms with Gasteiger partial charge in [-0.2, -0.15) is 0 Å². The van der Waals surface area contributed by atoms with Gasteiger partial charge in [0, 0.05) is 23.5 Å². The van der Waals surface area contributed by atoms with Crippen molar-refractivity contribution in [1.82, 2.24) is 0 Å². The van der Waals surface area contributed by atoms with E-state index in [1.54, 1.807) is 30.5 Å². The molecule has 1 N–H and O–H groups in total. The number of carbonyl (C=O) groups excluding carboxylic acids is 2. The molecule has 0 fully saturated rings. The Kier molecular flexibility index (Phi) is 5.46. The summed E-state index contributed by atoms with van der Waals surface area (Å²) in [6, 6.07) is 13.4. The summed E-state index contributed by atoms with van der Waals surface area (Å²) in [5.74, 6) is 0.399. The standard InChI is InChI=1S/C21H24N2O3S/c1-14-8-9-18-17(12-14)23(20(25)21(2,3)26-18)11-10-19(24)22-15-6-5-7-16(13-15)27-4/h5-9,12-13H,10-11H2,1-4H3,(H,22,24). The Morgan fingerprint density at radius 3 is 2.74 bits per heavy atom. The Bertz CT molecular complexity index is 879. The van der Waals surface area contributed by atoms with E-state index in [1.807, 2.05) is 55.6 Å². The smallest absolute Gasteiger partial charge is 0.270 e. The Morgan fingerprint density at radius 1 is 1.22 bits per heavy atom. The van der Waals surface area contributed by atoms with Crippen molar-refractivity contribution in [1.29, 1.82) is 0 Å². The lowest BCUT2D eigenvalue weighted by molar-refractivity contribution is -0.132. The van der Waals surface area contributed by atoms with Crippen LogP contribution in [-0.4, -0.2) is 30.2 Å². The van der Waals surface area contributed by atoms with E-state index in [-0.39, 0.29) is 18.2 Å². The molecule has 5 nitrogen and oxygen atoms in total. The van der Waals surface area contributed by atoms with Crippen molar-refractivity contribution >= 4 is 35.0 Å². The average Bonchev–Trinajstić information content (AvgIpc) is 2.63. The van der Waals surface area contributed by atoms with Gasteiger partial charge in [-0.15, -0.1) is 11.8 Å². The number of anilines is 2. The number of benzene rings is 2. The van der Waals surface area contributed by atoms with Gasteiger partial charge in [-0.1, -0.05) is 12.1 Å². The summed E-state index contributed by atoms with van der Waals surface area (Å²) in [5, 5.41) is 2.91. The lowest BCUT2D eigenvalue weighted by atomic mass is 10.0. The second kappa shape index (κ2) is 7.64. The second-order valence-electron chi connectivity index (χ2n) is 7.07. The van der Waals surface area contributed by atoms with E-state index in [1.165, 1.54) is 0 Å². The summed E-state index contributed by atoms with van der Waals surface area (Å²) in [6.45, 7) is 5.77. The van der Waals surface area contributed by atoms with E-state index in [2.05, 4.69) is 5.32 Å². The molecular weight excluding hydrogens is 360 g/mol. The molecule has 3 rings (SSSR count). The van der Waals surface area contributed by atoms with Crippen molar-refractivity contribution in [2.75, 3.05) is 23.0 Å². The monoisotopic (exact) mass is 384 g/mol. The third-order valence-corrected chi connectivity index (χ3v) is 5.17. The van der Waals surface area contributed by atoms with Gasteiger partial charge in [-0.25, -0.2) is 0 Å². The minimum atomic E-state index is -0.953. The number of ether oxygens (including phenoxy) is 1. The predicted octanol–water partition coefficient (Wildman–Crippen LogP) is 4.25. The highest BCUT2D eigenvalue weighted by Crippen LogP contribution is 2.38. The first-order valence-corrected chi connectivity index (χ1v) is 10.1. The van der Waals surface area contributed by atoms with Crippen molar-refractivity contribution in [3.8, 4) is 5.75 Å². The first kappa shape index (κ1) is 19.3. The number of fused-ring (bicyclic) bond motifs is 1. The van der Waals surface area contributed by atoms with Gasteiger partial charge in [0.25, 0.3) is 5.91 Å². The zero-order valence-electron chi connectivity index (χ0n) is 16.0. The highest BCUT2D eigenvalue weighted by molar-refractivity contribution is 7.98. The SMILES string of the molecule is CSc1cccc(NC(=O)CCN2C(=O)C(C)(C)Oc3ccc(C)cc32)c1. The van der Waals surface area contributed by atoms with E-state index in [9.17, 15) is 9.59 Å². The van der Waals surface area contributed by atoms with Crippen molar-refractivity contribution in [3.05, 3.63) is 48.0 Å².